The maximum Gasteiger partial charge on any atom is 0.275 e. The van der Waals surface area contributed by atoms with E-state index in [1.54, 1.807) is 45.4 Å². The second-order valence-electron chi connectivity index (χ2n) is 6.38. The van der Waals surface area contributed by atoms with Crippen LogP contribution in [0.4, 0.5) is 5.69 Å². The number of rotatable bonds is 4. The third kappa shape index (κ3) is 3.95. The van der Waals surface area contributed by atoms with Crippen molar-refractivity contribution < 1.29 is 14.3 Å². The lowest BCUT2D eigenvalue weighted by molar-refractivity contribution is 0.0303. The van der Waals surface area contributed by atoms with E-state index < -0.39 is 0 Å². The molecule has 1 fully saturated rings. The lowest BCUT2D eigenvalue weighted by Gasteiger charge is -2.27. The van der Waals surface area contributed by atoms with Crippen LogP contribution in [0, 0.1) is 0 Å². The summed E-state index contributed by atoms with van der Waals surface area (Å²) in [5, 5.41) is 9.37. The summed E-state index contributed by atoms with van der Waals surface area (Å²) >= 11 is 1.38. The van der Waals surface area contributed by atoms with E-state index in [1.165, 1.54) is 11.3 Å². The molecule has 9 heteroatoms. The van der Waals surface area contributed by atoms with Crippen LogP contribution in [0.1, 0.15) is 20.8 Å². The van der Waals surface area contributed by atoms with Crippen molar-refractivity contribution in [2.75, 3.05) is 31.6 Å². The van der Waals surface area contributed by atoms with Crippen LogP contribution in [0.2, 0.25) is 0 Å². The first-order valence-corrected chi connectivity index (χ1v) is 9.71. The highest BCUT2D eigenvalue weighted by atomic mass is 32.1. The van der Waals surface area contributed by atoms with E-state index in [0.29, 0.717) is 43.2 Å². The van der Waals surface area contributed by atoms with Gasteiger partial charge in [0.1, 0.15) is 10.7 Å². The summed E-state index contributed by atoms with van der Waals surface area (Å²) in [6.07, 6.45) is 3.56. The SMILES string of the molecule is Cn1cc(-c2nc(C(=O)Nc3cccc(C(=O)N4CCOCC4)c3)cs2)cn1. The number of hydrogen-bond donors (Lipinski definition) is 1. The Morgan fingerprint density at radius 1 is 1.25 bits per heavy atom. The molecular formula is C19H19N5O3S. The first-order valence-electron chi connectivity index (χ1n) is 8.83. The summed E-state index contributed by atoms with van der Waals surface area (Å²) in [7, 11) is 1.83. The average Bonchev–Trinajstić information content (AvgIpc) is 3.37. The van der Waals surface area contributed by atoms with Gasteiger partial charge in [0, 0.05) is 48.5 Å². The van der Waals surface area contributed by atoms with E-state index in [9.17, 15) is 9.59 Å². The number of morpholine rings is 1. The predicted molar refractivity (Wildman–Crippen MR) is 105 cm³/mol. The van der Waals surface area contributed by atoms with Gasteiger partial charge in [0.05, 0.1) is 19.4 Å². The Morgan fingerprint density at radius 3 is 2.82 bits per heavy atom. The molecule has 1 aliphatic rings. The first-order chi connectivity index (χ1) is 13.6. The zero-order valence-corrected chi connectivity index (χ0v) is 16.1. The van der Waals surface area contributed by atoms with Gasteiger partial charge < -0.3 is 15.0 Å². The number of aryl methyl sites for hydroxylation is 1. The summed E-state index contributed by atoms with van der Waals surface area (Å²) in [5.74, 6) is -0.380. The van der Waals surface area contributed by atoms with Crippen LogP contribution in [0.3, 0.4) is 0 Å². The van der Waals surface area contributed by atoms with Crippen molar-refractivity contribution in [3.8, 4) is 10.6 Å². The van der Waals surface area contributed by atoms with Crippen molar-refractivity contribution in [1.82, 2.24) is 19.7 Å². The Balaban J connectivity index is 1.46. The van der Waals surface area contributed by atoms with Crippen molar-refractivity contribution in [2.24, 2.45) is 7.05 Å². The molecule has 4 rings (SSSR count). The van der Waals surface area contributed by atoms with E-state index in [4.69, 9.17) is 4.74 Å². The Bertz CT molecular complexity index is 1010. The van der Waals surface area contributed by atoms with E-state index in [-0.39, 0.29) is 11.8 Å². The van der Waals surface area contributed by atoms with Crippen molar-refractivity contribution in [3.63, 3.8) is 0 Å². The molecule has 1 aromatic carbocycles. The molecule has 3 heterocycles. The summed E-state index contributed by atoms with van der Waals surface area (Å²) < 4.78 is 6.97. The van der Waals surface area contributed by atoms with Gasteiger partial charge in [-0.15, -0.1) is 11.3 Å². The molecule has 0 radical (unpaired) electrons. The van der Waals surface area contributed by atoms with Crippen LogP contribution >= 0.6 is 11.3 Å². The van der Waals surface area contributed by atoms with Crippen LogP contribution in [0.25, 0.3) is 10.6 Å². The van der Waals surface area contributed by atoms with Gasteiger partial charge in [0.25, 0.3) is 11.8 Å². The number of nitrogens with one attached hydrogen (secondary N) is 1. The van der Waals surface area contributed by atoms with Gasteiger partial charge in [-0.05, 0) is 18.2 Å². The highest BCUT2D eigenvalue weighted by molar-refractivity contribution is 7.13. The van der Waals surface area contributed by atoms with E-state index in [2.05, 4.69) is 15.4 Å². The highest BCUT2D eigenvalue weighted by Gasteiger charge is 2.19. The van der Waals surface area contributed by atoms with Crippen molar-refractivity contribution in [2.45, 2.75) is 0 Å². The molecule has 144 valence electrons. The number of ether oxygens (including phenoxy) is 1. The van der Waals surface area contributed by atoms with Crippen LogP contribution in [-0.2, 0) is 11.8 Å². The topological polar surface area (TPSA) is 89.4 Å². The molecule has 0 atom stereocenters. The number of carbonyl (C=O) groups excluding carboxylic acids is 2. The fourth-order valence-corrected chi connectivity index (χ4v) is 3.69. The zero-order chi connectivity index (χ0) is 19.5. The average molecular weight is 397 g/mol. The highest BCUT2D eigenvalue weighted by Crippen LogP contribution is 2.23. The Labute approximate surface area is 165 Å². The molecular weight excluding hydrogens is 378 g/mol. The maximum absolute atomic E-state index is 12.6. The summed E-state index contributed by atoms with van der Waals surface area (Å²) in [6, 6.07) is 6.94. The van der Waals surface area contributed by atoms with Gasteiger partial charge in [0.2, 0.25) is 0 Å². The number of hydrogen-bond acceptors (Lipinski definition) is 6. The second-order valence-corrected chi connectivity index (χ2v) is 7.24. The van der Waals surface area contributed by atoms with Gasteiger partial charge in [0.15, 0.2) is 0 Å². The third-order valence-electron chi connectivity index (χ3n) is 4.35. The number of carbonyl (C=O) groups is 2. The Morgan fingerprint density at radius 2 is 2.07 bits per heavy atom. The van der Waals surface area contributed by atoms with Crippen molar-refractivity contribution >= 4 is 28.8 Å². The fraction of sp³-hybridized carbons (Fsp3) is 0.263. The van der Waals surface area contributed by atoms with Gasteiger partial charge in [-0.2, -0.15) is 5.10 Å². The molecule has 1 saturated heterocycles. The van der Waals surface area contributed by atoms with E-state index in [0.717, 1.165) is 10.6 Å². The zero-order valence-electron chi connectivity index (χ0n) is 15.3. The second kappa shape index (κ2) is 7.91. The summed E-state index contributed by atoms with van der Waals surface area (Å²) in [4.78, 5) is 31.3. The lowest BCUT2D eigenvalue weighted by atomic mass is 10.1. The van der Waals surface area contributed by atoms with Crippen molar-refractivity contribution in [1.29, 1.82) is 0 Å². The normalized spacial score (nSPS) is 14.1. The molecule has 0 aliphatic carbocycles. The number of anilines is 1. The minimum atomic E-state index is -0.317. The Hall–Kier alpha value is -3.04. The quantitative estimate of drug-likeness (QED) is 0.729. The molecule has 0 saturated carbocycles. The predicted octanol–water partition coefficient (Wildman–Crippen LogP) is 2.27. The lowest BCUT2D eigenvalue weighted by Crippen LogP contribution is -2.40. The number of aromatic nitrogens is 3. The molecule has 0 spiro atoms. The standard InChI is InChI=1S/C19H19N5O3S/c1-23-11-14(10-20-23)18-22-16(12-28-18)17(25)21-15-4-2-3-13(9-15)19(26)24-5-7-27-8-6-24/h2-4,9-12H,5-8H2,1H3,(H,21,25). The number of benzene rings is 1. The molecule has 3 aromatic rings. The maximum atomic E-state index is 12.6. The molecule has 1 N–H and O–H groups in total. The minimum Gasteiger partial charge on any atom is -0.378 e. The molecule has 0 bridgehead atoms. The summed E-state index contributed by atoms with van der Waals surface area (Å²) in [6.45, 7) is 2.24. The van der Waals surface area contributed by atoms with Gasteiger partial charge in [-0.3, -0.25) is 14.3 Å². The number of thiazole rings is 1. The largest absolute Gasteiger partial charge is 0.378 e. The van der Waals surface area contributed by atoms with E-state index >= 15 is 0 Å². The fourth-order valence-electron chi connectivity index (χ4n) is 2.92. The summed E-state index contributed by atoms with van der Waals surface area (Å²) in [5.41, 5.74) is 2.28. The molecule has 2 aromatic heterocycles. The molecule has 28 heavy (non-hydrogen) atoms. The first kappa shape index (κ1) is 18.3. The van der Waals surface area contributed by atoms with Gasteiger partial charge in [-0.25, -0.2) is 4.98 Å². The molecule has 2 amide bonds. The molecule has 1 aliphatic heterocycles. The van der Waals surface area contributed by atoms with Gasteiger partial charge in [-0.1, -0.05) is 6.07 Å². The van der Waals surface area contributed by atoms with Gasteiger partial charge >= 0.3 is 0 Å². The molecule has 8 nitrogen and oxygen atoms in total. The van der Waals surface area contributed by atoms with Crippen LogP contribution < -0.4 is 5.32 Å². The smallest absolute Gasteiger partial charge is 0.275 e. The Kier molecular flexibility index (Phi) is 5.18. The van der Waals surface area contributed by atoms with Crippen LogP contribution in [-0.4, -0.2) is 57.8 Å². The van der Waals surface area contributed by atoms with Crippen molar-refractivity contribution in [3.05, 3.63) is 53.3 Å². The molecule has 0 unspecified atom stereocenters. The minimum absolute atomic E-state index is 0.0630. The number of amides is 2. The van der Waals surface area contributed by atoms with Crippen LogP contribution in [0.15, 0.2) is 42.0 Å². The van der Waals surface area contributed by atoms with E-state index in [1.807, 2.05) is 13.2 Å². The monoisotopic (exact) mass is 397 g/mol. The number of nitrogens with zero attached hydrogens (tertiary/aromatic N) is 4. The third-order valence-corrected chi connectivity index (χ3v) is 5.25. The van der Waals surface area contributed by atoms with Crippen LogP contribution in [0.5, 0.6) is 0 Å².